The standard InChI is InChI=1S/C15H21N3O2/c16-13-7-14(9-15(8-13)18(19)20)17-6-5-11-3-1-2-4-12(11)10-17/h7-9,11-12H,1-6,10,16H2. The van der Waals surface area contributed by atoms with Gasteiger partial charge in [-0.05, 0) is 30.7 Å². The average Bonchev–Trinajstić information content (AvgIpc) is 2.46. The molecule has 2 aliphatic rings. The lowest BCUT2D eigenvalue weighted by Crippen LogP contribution is -2.41. The maximum atomic E-state index is 10.9. The number of nitrogens with zero attached hydrogens (tertiary/aromatic N) is 2. The van der Waals surface area contributed by atoms with Crippen LogP contribution in [0.1, 0.15) is 32.1 Å². The van der Waals surface area contributed by atoms with Crippen LogP contribution in [0.25, 0.3) is 0 Å². The van der Waals surface area contributed by atoms with Crippen molar-refractivity contribution in [3.8, 4) is 0 Å². The van der Waals surface area contributed by atoms with Gasteiger partial charge in [0.2, 0.25) is 0 Å². The van der Waals surface area contributed by atoms with Gasteiger partial charge in [-0.3, -0.25) is 10.1 Å². The Balaban J connectivity index is 1.80. The summed E-state index contributed by atoms with van der Waals surface area (Å²) in [4.78, 5) is 12.9. The molecule has 108 valence electrons. The van der Waals surface area contributed by atoms with Crippen molar-refractivity contribution in [2.45, 2.75) is 32.1 Å². The van der Waals surface area contributed by atoms with Crippen molar-refractivity contribution in [1.82, 2.24) is 0 Å². The van der Waals surface area contributed by atoms with Gasteiger partial charge in [0, 0.05) is 36.6 Å². The first-order valence-electron chi connectivity index (χ1n) is 7.43. The molecule has 1 aliphatic heterocycles. The van der Waals surface area contributed by atoms with E-state index in [1.165, 1.54) is 38.2 Å². The number of nitro groups is 1. The van der Waals surface area contributed by atoms with Crippen molar-refractivity contribution in [2.75, 3.05) is 23.7 Å². The summed E-state index contributed by atoms with van der Waals surface area (Å²) in [5.74, 6) is 1.61. The highest BCUT2D eigenvalue weighted by atomic mass is 16.6. The van der Waals surface area contributed by atoms with Gasteiger partial charge in [0.15, 0.2) is 0 Å². The van der Waals surface area contributed by atoms with E-state index in [1.54, 1.807) is 6.07 Å². The predicted octanol–water partition coefficient (Wildman–Crippen LogP) is 3.19. The summed E-state index contributed by atoms with van der Waals surface area (Å²) in [6.07, 6.45) is 6.55. The van der Waals surface area contributed by atoms with Gasteiger partial charge < -0.3 is 10.6 Å². The second-order valence-corrected chi connectivity index (χ2v) is 6.08. The molecule has 1 saturated heterocycles. The molecular formula is C15H21N3O2. The maximum Gasteiger partial charge on any atom is 0.273 e. The number of nitrogens with two attached hydrogens (primary N) is 1. The van der Waals surface area contributed by atoms with E-state index in [0.29, 0.717) is 5.69 Å². The molecule has 0 amide bonds. The molecule has 1 heterocycles. The molecule has 2 fully saturated rings. The van der Waals surface area contributed by atoms with Crippen molar-refractivity contribution in [3.05, 3.63) is 28.3 Å². The molecule has 0 bridgehead atoms. The number of nitro benzene ring substituents is 1. The lowest BCUT2D eigenvalue weighted by atomic mass is 9.75. The number of benzene rings is 1. The number of hydrogen-bond acceptors (Lipinski definition) is 4. The van der Waals surface area contributed by atoms with E-state index in [2.05, 4.69) is 4.90 Å². The fourth-order valence-electron chi connectivity index (χ4n) is 3.74. The number of piperidine rings is 1. The molecule has 0 aromatic heterocycles. The molecule has 20 heavy (non-hydrogen) atoms. The van der Waals surface area contributed by atoms with Gasteiger partial charge in [0.05, 0.1) is 4.92 Å². The van der Waals surface area contributed by atoms with E-state index in [9.17, 15) is 10.1 Å². The van der Waals surface area contributed by atoms with Crippen LogP contribution in [-0.4, -0.2) is 18.0 Å². The summed E-state index contributed by atoms with van der Waals surface area (Å²) < 4.78 is 0. The van der Waals surface area contributed by atoms with Crippen molar-refractivity contribution in [2.24, 2.45) is 11.8 Å². The molecular weight excluding hydrogens is 254 g/mol. The monoisotopic (exact) mass is 275 g/mol. The fourth-order valence-corrected chi connectivity index (χ4v) is 3.74. The highest BCUT2D eigenvalue weighted by Gasteiger charge is 2.31. The zero-order valence-corrected chi connectivity index (χ0v) is 11.6. The molecule has 0 radical (unpaired) electrons. The summed E-state index contributed by atoms with van der Waals surface area (Å²) in [6.45, 7) is 2.01. The highest BCUT2D eigenvalue weighted by molar-refractivity contribution is 5.63. The largest absolute Gasteiger partial charge is 0.398 e. The van der Waals surface area contributed by atoms with Crippen molar-refractivity contribution < 1.29 is 4.92 Å². The minimum absolute atomic E-state index is 0.0887. The van der Waals surface area contributed by atoms with Crippen LogP contribution in [0.2, 0.25) is 0 Å². The SMILES string of the molecule is Nc1cc(N2CCC3CCCCC3C2)cc([N+](=O)[O-])c1. The molecule has 1 aromatic carbocycles. The van der Waals surface area contributed by atoms with E-state index in [4.69, 9.17) is 5.73 Å². The summed E-state index contributed by atoms with van der Waals surface area (Å²) in [7, 11) is 0. The molecule has 5 nitrogen and oxygen atoms in total. The smallest absolute Gasteiger partial charge is 0.273 e. The van der Waals surface area contributed by atoms with Gasteiger partial charge in [-0.2, -0.15) is 0 Å². The van der Waals surface area contributed by atoms with E-state index in [-0.39, 0.29) is 10.6 Å². The van der Waals surface area contributed by atoms with E-state index >= 15 is 0 Å². The van der Waals surface area contributed by atoms with Crippen molar-refractivity contribution >= 4 is 17.1 Å². The number of hydrogen-bond donors (Lipinski definition) is 1. The van der Waals surface area contributed by atoms with Crippen LogP contribution >= 0.6 is 0 Å². The van der Waals surface area contributed by atoms with Crippen LogP contribution in [0.15, 0.2) is 18.2 Å². The maximum absolute atomic E-state index is 10.9. The first-order valence-corrected chi connectivity index (χ1v) is 7.43. The van der Waals surface area contributed by atoms with E-state index < -0.39 is 0 Å². The molecule has 3 rings (SSSR count). The number of fused-ring (bicyclic) bond motifs is 1. The zero-order valence-electron chi connectivity index (χ0n) is 11.6. The number of nitrogen functional groups attached to an aromatic ring is 1. The van der Waals surface area contributed by atoms with Gasteiger partial charge in [-0.15, -0.1) is 0 Å². The Morgan fingerprint density at radius 1 is 1.15 bits per heavy atom. The minimum Gasteiger partial charge on any atom is -0.398 e. The Morgan fingerprint density at radius 2 is 1.90 bits per heavy atom. The number of anilines is 2. The van der Waals surface area contributed by atoms with Gasteiger partial charge in [-0.25, -0.2) is 0 Å². The Hall–Kier alpha value is -1.78. The lowest BCUT2D eigenvalue weighted by molar-refractivity contribution is -0.384. The normalized spacial score (nSPS) is 26.1. The van der Waals surface area contributed by atoms with Crippen molar-refractivity contribution in [1.29, 1.82) is 0 Å². The Kier molecular flexibility index (Phi) is 3.51. The first kappa shape index (κ1) is 13.2. The number of non-ortho nitro benzene ring substituents is 1. The molecule has 1 aliphatic carbocycles. The summed E-state index contributed by atoms with van der Waals surface area (Å²) in [5, 5.41) is 10.9. The van der Waals surface area contributed by atoms with Gasteiger partial charge in [-0.1, -0.05) is 19.3 Å². The first-order chi connectivity index (χ1) is 9.63. The van der Waals surface area contributed by atoms with Crippen LogP contribution in [0.3, 0.4) is 0 Å². The van der Waals surface area contributed by atoms with Crippen LogP contribution in [0.4, 0.5) is 17.1 Å². The zero-order chi connectivity index (χ0) is 14.1. The summed E-state index contributed by atoms with van der Waals surface area (Å²) in [5.41, 5.74) is 7.27. The van der Waals surface area contributed by atoms with E-state index in [1.807, 2.05) is 6.07 Å². The third-order valence-corrected chi connectivity index (χ3v) is 4.79. The second-order valence-electron chi connectivity index (χ2n) is 6.08. The third kappa shape index (κ3) is 2.57. The van der Waals surface area contributed by atoms with E-state index in [0.717, 1.165) is 30.6 Å². The Bertz CT molecular complexity index is 518. The van der Waals surface area contributed by atoms with Crippen LogP contribution in [0.5, 0.6) is 0 Å². The highest BCUT2D eigenvalue weighted by Crippen LogP contribution is 2.38. The topological polar surface area (TPSA) is 72.4 Å². The molecule has 1 aromatic rings. The van der Waals surface area contributed by atoms with Crippen molar-refractivity contribution in [3.63, 3.8) is 0 Å². The van der Waals surface area contributed by atoms with Crippen LogP contribution in [0, 0.1) is 22.0 Å². The van der Waals surface area contributed by atoms with Crippen LogP contribution in [-0.2, 0) is 0 Å². The van der Waals surface area contributed by atoms with Gasteiger partial charge in [0.1, 0.15) is 0 Å². The minimum atomic E-state index is -0.368. The quantitative estimate of drug-likeness (QED) is 0.511. The lowest BCUT2D eigenvalue weighted by Gasteiger charge is -2.42. The second kappa shape index (κ2) is 5.31. The Morgan fingerprint density at radius 3 is 2.65 bits per heavy atom. The molecule has 0 spiro atoms. The predicted molar refractivity (Wildman–Crippen MR) is 79.8 cm³/mol. The molecule has 2 N–H and O–H groups in total. The molecule has 1 saturated carbocycles. The molecule has 2 atom stereocenters. The number of rotatable bonds is 2. The summed E-state index contributed by atoms with van der Waals surface area (Å²) >= 11 is 0. The molecule has 2 unspecified atom stereocenters. The molecule has 5 heteroatoms. The van der Waals surface area contributed by atoms with Gasteiger partial charge in [0.25, 0.3) is 5.69 Å². The average molecular weight is 275 g/mol. The fraction of sp³-hybridized carbons (Fsp3) is 0.600. The Labute approximate surface area is 118 Å². The summed E-state index contributed by atoms with van der Waals surface area (Å²) in [6, 6.07) is 4.94. The van der Waals surface area contributed by atoms with Gasteiger partial charge >= 0.3 is 0 Å². The third-order valence-electron chi connectivity index (χ3n) is 4.79. The van der Waals surface area contributed by atoms with Crippen LogP contribution < -0.4 is 10.6 Å².